The van der Waals surface area contributed by atoms with Crippen LogP contribution in [0, 0.1) is 11.8 Å². The Morgan fingerprint density at radius 1 is 1.27 bits per heavy atom. The third kappa shape index (κ3) is 5.25. The minimum Gasteiger partial charge on any atom is -0.312 e. The van der Waals surface area contributed by atoms with E-state index in [2.05, 4.69) is 25.2 Å². The van der Waals surface area contributed by atoms with Crippen LogP contribution in [0.15, 0.2) is 35.9 Å². The topological polar surface area (TPSA) is 46.2 Å². The van der Waals surface area contributed by atoms with Gasteiger partial charge in [0.2, 0.25) is 0 Å². The zero-order valence-electron chi connectivity index (χ0n) is 13.8. The summed E-state index contributed by atoms with van der Waals surface area (Å²) in [6, 6.07) is 7.85. The summed E-state index contributed by atoms with van der Waals surface area (Å²) in [5, 5.41) is 3.53. The van der Waals surface area contributed by atoms with E-state index in [1.54, 1.807) is 0 Å². The molecule has 1 aromatic carbocycles. The van der Waals surface area contributed by atoms with Gasteiger partial charge in [-0.05, 0) is 42.7 Å². The lowest BCUT2D eigenvalue weighted by molar-refractivity contribution is 0.350. The Kier molecular flexibility index (Phi) is 5.81. The van der Waals surface area contributed by atoms with Crippen LogP contribution in [0.5, 0.6) is 0 Å². The number of nitrogens with one attached hydrogen (secondary N) is 1. The largest absolute Gasteiger partial charge is 0.312 e. The Balaban J connectivity index is 1.90. The molecule has 0 spiro atoms. The van der Waals surface area contributed by atoms with Crippen molar-refractivity contribution in [3.8, 4) is 0 Å². The second-order valence-electron chi connectivity index (χ2n) is 6.63. The van der Waals surface area contributed by atoms with Crippen molar-refractivity contribution in [1.29, 1.82) is 0 Å². The minimum absolute atomic E-state index is 0.113. The molecule has 0 radical (unpaired) electrons. The summed E-state index contributed by atoms with van der Waals surface area (Å²) in [4.78, 5) is 0. The maximum absolute atomic E-state index is 11.4. The summed E-state index contributed by atoms with van der Waals surface area (Å²) in [5.74, 6) is 1.46. The fourth-order valence-electron chi connectivity index (χ4n) is 3.24. The number of benzene rings is 1. The van der Waals surface area contributed by atoms with E-state index in [1.807, 2.05) is 24.3 Å². The van der Waals surface area contributed by atoms with Gasteiger partial charge in [0.15, 0.2) is 9.84 Å². The van der Waals surface area contributed by atoms with Crippen molar-refractivity contribution in [3.63, 3.8) is 0 Å². The highest BCUT2D eigenvalue weighted by Gasteiger charge is 2.21. The van der Waals surface area contributed by atoms with E-state index in [9.17, 15) is 8.42 Å². The van der Waals surface area contributed by atoms with Crippen molar-refractivity contribution in [2.45, 2.75) is 39.0 Å². The minimum atomic E-state index is -2.97. The third-order valence-corrected chi connectivity index (χ3v) is 5.33. The first-order valence-corrected chi connectivity index (χ1v) is 10.0. The molecule has 0 saturated carbocycles. The van der Waals surface area contributed by atoms with Crippen molar-refractivity contribution < 1.29 is 8.42 Å². The molecule has 0 aromatic heterocycles. The van der Waals surface area contributed by atoms with Crippen LogP contribution < -0.4 is 5.32 Å². The van der Waals surface area contributed by atoms with Gasteiger partial charge in [-0.1, -0.05) is 42.8 Å². The van der Waals surface area contributed by atoms with Crippen LogP contribution in [0.3, 0.4) is 0 Å². The van der Waals surface area contributed by atoms with Crippen molar-refractivity contribution in [1.82, 2.24) is 5.32 Å². The number of allylic oxidation sites excluding steroid dienone is 1. The number of rotatable bonds is 6. The highest BCUT2D eigenvalue weighted by molar-refractivity contribution is 7.89. The van der Waals surface area contributed by atoms with Crippen LogP contribution in [0.4, 0.5) is 0 Å². The SMILES string of the molecule is CC1=CCC[C@H](C)[C@@H]1CNCc1cccc(CS(C)(=O)=O)c1. The highest BCUT2D eigenvalue weighted by Crippen LogP contribution is 2.29. The van der Waals surface area contributed by atoms with Gasteiger partial charge in [0.1, 0.15) is 0 Å². The van der Waals surface area contributed by atoms with E-state index in [1.165, 1.54) is 24.7 Å². The molecule has 2 rings (SSSR count). The van der Waals surface area contributed by atoms with Gasteiger partial charge >= 0.3 is 0 Å². The predicted octanol–water partition coefficient (Wildman–Crippen LogP) is 3.31. The van der Waals surface area contributed by atoms with Crippen LogP contribution in [0.2, 0.25) is 0 Å². The molecule has 0 unspecified atom stereocenters. The average Bonchev–Trinajstić information content (AvgIpc) is 2.40. The third-order valence-electron chi connectivity index (χ3n) is 4.47. The van der Waals surface area contributed by atoms with E-state index in [4.69, 9.17) is 0 Å². The summed E-state index contributed by atoms with van der Waals surface area (Å²) in [7, 11) is -2.97. The molecule has 0 amide bonds. The molecule has 1 aromatic rings. The predicted molar refractivity (Wildman–Crippen MR) is 92.3 cm³/mol. The molecule has 0 heterocycles. The van der Waals surface area contributed by atoms with Crippen molar-refractivity contribution in [3.05, 3.63) is 47.0 Å². The summed E-state index contributed by atoms with van der Waals surface area (Å²) in [5.41, 5.74) is 3.51. The smallest absolute Gasteiger partial charge is 0.151 e. The van der Waals surface area contributed by atoms with Crippen molar-refractivity contribution in [2.24, 2.45) is 11.8 Å². The van der Waals surface area contributed by atoms with Gasteiger partial charge in [-0.25, -0.2) is 8.42 Å². The van der Waals surface area contributed by atoms with Crippen LogP contribution in [-0.2, 0) is 22.1 Å². The quantitative estimate of drug-likeness (QED) is 0.818. The zero-order chi connectivity index (χ0) is 16.2. The monoisotopic (exact) mass is 321 g/mol. The van der Waals surface area contributed by atoms with E-state index in [-0.39, 0.29) is 5.75 Å². The standard InChI is InChI=1S/C18H27NO2S/c1-14-6-4-7-15(2)18(14)12-19-11-16-8-5-9-17(10-16)13-22(3,20)21/h5-6,8-10,15,18-19H,4,7,11-13H2,1-3H3/t15-,18+/m0/s1. The number of hydrogen-bond donors (Lipinski definition) is 1. The van der Waals surface area contributed by atoms with Gasteiger partial charge < -0.3 is 5.32 Å². The molecule has 1 aliphatic carbocycles. The van der Waals surface area contributed by atoms with E-state index < -0.39 is 9.84 Å². The van der Waals surface area contributed by atoms with E-state index in [0.29, 0.717) is 5.92 Å². The molecule has 0 bridgehead atoms. The maximum atomic E-state index is 11.4. The van der Waals surface area contributed by atoms with Crippen LogP contribution in [0.1, 0.15) is 37.8 Å². The number of sulfone groups is 1. The van der Waals surface area contributed by atoms with Gasteiger partial charge in [-0.15, -0.1) is 0 Å². The molecule has 122 valence electrons. The molecular weight excluding hydrogens is 294 g/mol. The summed E-state index contributed by atoms with van der Waals surface area (Å²) in [6.45, 7) is 6.33. The first kappa shape index (κ1) is 17.2. The Morgan fingerprint density at radius 2 is 2.00 bits per heavy atom. The maximum Gasteiger partial charge on any atom is 0.151 e. The first-order chi connectivity index (χ1) is 10.3. The molecule has 0 aliphatic heterocycles. The second-order valence-corrected chi connectivity index (χ2v) is 8.77. The summed E-state index contributed by atoms with van der Waals surface area (Å²) >= 11 is 0. The fraction of sp³-hybridized carbons (Fsp3) is 0.556. The second kappa shape index (κ2) is 7.42. The van der Waals surface area contributed by atoms with Crippen molar-refractivity contribution >= 4 is 9.84 Å². The lowest BCUT2D eigenvalue weighted by atomic mass is 9.80. The Labute approximate surface area is 134 Å². The molecule has 22 heavy (non-hydrogen) atoms. The lowest BCUT2D eigenvalue weighted by Crippen LogP contribution is -2.29. The first-order valence-electron chi connectivity index (χ1n) is 7.98. The van der Waals surface area contributed by atoms with Crippen LogP contribution >= 0.6 is 0 Å². The van der Waals surface area contributed by atoms with E-state index in [0.717, 1.165) is 30.1 Å². The van der Waals surface area contributed by atoms with Crippen LogP contribution in [0.25, 0.3) is 0 Å². The molecule has 1 N–H and O–H groups in total. The van der Waals surface area contributed by atoms with Gasteiger partial charge in [0, 0.05) is 19.3 Å². The highest BCUT2D eigenvalue weighted by atomic mass is 32.2. The lowest BCUT2D eigenvalue weighted by Gasteiger charge is -2.29. The van der Waals surface area contributed by atoms with Gasteiger partial charge in [0.05, 0.1) is 5.75 Å². The molecule has 0 fully saturated rings. The average molecular weight is 321 g/mol. The molecule has 3 nitrogen and oxygen atoms in total. The zero-order valence-corrected chi connectivity index (χ0v) is 14.6. The Hall–Kier alpha value is -1.13. The number of hydrogen-bond acceptors (Lipinski definition) is 3. The summed E-state index contributed by atoms with van der Waals surface area (Å²) in [6.07, 6.45) is 6.11. The van der Waals surface area contributed by atoms with Crippen LogP contribution in [-0.4, -0.2) is 21.2 Å². The van der Waals surface area contributed by atoms with Gasteiger partial charge in [-0.3, -0.25) is 0 Å². The normalized spacial score (nSPS) is 22.4. The molecule has 1 aliphatic rings. The van der Waals surface area contributed by atoms with Crippen molar-refractivity contribution in [2.75, 3.05) is 12.8 Å². The Bertz CT molecular complexity index is 634. The van der Waals surface area contributed by atoms with E-state index >= 15 is 0 Å². The molecular formula is C18H27NO2S. The molecule has 0 saturated heterocycles. The summed E-state index contributed by atoms with van der Waals surface area (Å²) < 4.78 is 22.8. The fourth-order valence-corrected chi connectivity index (χ4v) is 4.03. The van der Waals surface area contributed by atoms with Gasteiger partial charge in [0.25, 0.3) is 0 Å². The molecule has 2 atom stereocenters. The molecule has 4 heteroatoms. The Morgan fingerprint density at radius 3 is 2.68 bits per heavy atom. The van der Waals surface area contributed by atoms with Gasteiger partial charge in [-0.2, -0.15) is 0 Å².